The summed E-state index contributed by atoms with van der Waals surface area (Å²) in [6, 6.07) is 13.1. The van der Waals surface area contributed by atoms with Gasteiger partial charge in [-0.3, -0.25) is 9.97 Å². The van der Waals surface area contributed by atoms with E-state index in [0.29, 0.717) is 5.92 Å². The van der Waals surface area contributed by atoms with Gasteiger partial charge >= 0.3 is 0 Å². The summed E-state index contributed by atoms with van der Waals surface area (Å²) in [5.41, 5.74) is 7.06. The monoisotopic (exact) mass is 468 g/mol. The van der Waals surface area contributed by atoms with E-state index in [0.717, 1.165) is 70.7 Å². The van der Waals surface area contributed by atoms with E-state index in [4.69, 9.17) is 14.5 Å². The van der Waals surface area contributed by atoms with Crippen molar-refractivity contribution in [3.8, 4) is 17.0 Å². The van der Waals surface area contributed by atoms with E-state index >= 15 is 0 Å². The molecule has 8 heteroatoms. The summed E-state index contributed by atoms with van der Waals surface area (Å²) in [5.74, 6) is 1.14. The molecule has 1 aliphatic rings. The second kappa shape index (κ2) is 8.78. The predicted octanol–water partition coefficient (Wildman–Crippen LogP) is 4.71. The lowest BCUT2D eigenvalue weighted by Gasteiger charge is -2.33. The molecule has 0 bridgehead atoms. The minimum Gasteiger partial charge on any atom is -0.494 e. The van der Waals surface area contributed by atoms with E-state index in [2.05, 4.69) is 56.3 Å². The molecule has 1 atom stereocenters. The molecule has 5 heterocycles. The first kappa shape index (κ1) is 21.7. The fourth-order valence-electron chi connectivity index (χ4n) is 5.56. The molecule has 0 N–H and O–H groups in total. The molecular weight excluding hydrogens is 440 g/mol. The van der Waals surface area contributed by atoms with E-state index in [9.17, 15) is 0 Å². The van der Waals surface area contributed by atoms with Gasteiger partial charge in [-0.05, 0) is 37.3 Å². The van der Waals surface area contributed by atoms with Crippen molar-refractivity contribution in [2.24, 2.45) is 13.0 Å². The van der Waals surface area contributed by atoms with Crippen LogP contribution < -0.4 is 4.74 Å². The number of fused-ring (bicyclic) bond motifs is 3. The van der Waals surface area contributed by atoms with Crippen LogP contribution in [0, 0.1) is 12.8 Å². The Morgan fingerprint density at radius 3 is 2.57 bits per heavy atom. The number of hydrogen-bond acceptors (Lipinski definition) is 6. The lowest BCUT2D eigenvalue weighted by Crippen LogP contribution is -2.26. The third kappa shape index (κ3) is 3.56. The summed E-state index contributed by atoms with van der Waals surface area (Å²) in [5, 5.41) is 9.45. The molecule has 178 valence electrons. The zero-order valence-electron chi connectivity index (χ0n) is 20.2. The van der Waals surface area contributed by atoms with Crippen LogP contribution in [0.25, 0.3) is 33.2 Å². The molecule has 0 amide bonds. The third-order valence-corrected chi connectivity index (χ3v) is 7.13. The van der Waals surface area contributed by atoms with Gasteiger partial charge in [0.1, 0.15) is 5.75 Å². The second-order valence-electron chi connectivity index (χ2n) is 9.15. The van der Waals surface area contributed by atoms with Gasteiger partial charge in [0.15, 0.2) is 0 Å². The topological polar surface area (TPSA) is 79.9 Å². The fraction of sp³-hybridized carbons (Fsp3) is 0.333. The third-order valence-electron chi connectivity index (χ3n) is 7.13. The summed E-state index contributed by atoms with van der Waals surface area (Å²) in [4.78, 5) is 9.51. The summed E-state index contributed by atoms with van der Waals surface area (Å²) in [6.45, 7) is 3.52. The van der Waals surface area contributed by atoms with Crippen molar-refractivity contribution in [3.05, 3.63) is 66.2 Å². The number of nitrogens with zero attached hydrogens (tertiary/aromatic N) is 6. The van der Waals surface area contributed by atoms with Gasteiger partial charge in [-0.1, -0.05) is 35.5 Å². The zero-order chi connectivity index (χ0) is 23.9. The van der Waals surface area contributed by atoms with Crippen LogP contribution in [0.4, 0.5) is 0 Å². The quantitative estimate of drug-likeness (QED) is 0.372. The summed E-state index contributed by atoms with van der Waals surface area (Å²) in [7, 11) is 3.60. The van der Waals surface area contributed by atoms with Gasteiger partial charge in [-0.15, -0.1) is 5.10 Å². The van der Waals surface area contributed by atoms with Crippen molar-refractivity contribution in [2.45, 2.75) is 25.8 Å². The van der Waals surface area contributed by atoms with Crippen LogP contribution in [0.15, 0.2) is 55.0 Å². The van der Waals surface area contributed by atoms with Crippen LogP contribution >= 0.6 is 0 Å². The second-order valence-corrected chi connectivity index (χ2v) is 9.15. The minimum atomic E-state index is 0.108. The van der Waals surface area contributed by atoms with Crippen molar-refractivity contribution in [1.29, 1.82) is 0 Å². The zero-order valence-corrected chi connectivity index (χ0v) is 20.2. The largest absolute Gasteiger partial charge is 0.494 e. The van der Waals surface area contributed by atoms with Crippen molar-refractivity contribution >= 4 is 21.9 Å². The van der Waals surface area contributed by atoms with E-state index in [1.807, 2.05) is 26.4 Å². The maximum Gasteiger partial charge on any atom is 0.148 e. The average Bonchev–Trinajstić information content (AvgIpc) is 3.41. The molecule has 0 unspecified atom stereocenters. The van der Waals surface area contributed by atoms with Gasteiger partial charge in [0, 0.05) is 32.0 Å². The van der Waals surface area contributed by atoms with E-state index in [1.165, 1.54) is 5.56 Å². The Kier molecular flexibility index (Phi) is 5.45. The first-order valence-electron chi connectivity index (χ1n) is 12.0. The van der Waals surface area contributed by atoms with Gasteiger partial charge in [-0.25, -0.2) is 4.68 Å². The summed E-state index contributed by atoms with van der Waals surface area (Å²) < 4.78 is 15.7. The molecule has 6 rings (SSSR count). The molecule has 4 aromatic heterocycles. The van der Waals surface area contributed by atoms with Crippen LogP contribution in [0.2, 0.25) is 0 Å². The SMILES string of the molecule is COc1cncc2c1c1ncc(-c3c(C)nnn3C)cc1n2[C@H](c1ccccc1)C1CCOCC1. The predicted molar refractivity (Wildman–Crippen MR) is 134 cm³/mol. The molecule has 0 radical (unpaired) electrons. The maximum absolute atomic E-state index is 5.76. The Balaban J connectivity index is 1.69. The number of benzene rings is 1. The summed E-state index contributed by atoms with van der Waals surface area (Å²) in [6.07, 6.45) is 7.60. The Morgan fingerprint density at radius 2 is 1.86 bits per heavy atom. The standard InChI is InChI=1S/C27H28N6O2/c1-17-26(32(2)31-30-17)20-13-21-25(29-14-20)24-22(15-28-16-23(24)34-3)33(21)27(18-7-5-4-6-8-18)19-9-11-35-12-10-19/h4-8,13-16,19,27H,9-12H2,1-3H3/t27-/m1/s1. The maximum atomic E-state index is 5.76. The van der Waals surface area contributed by atoms with Crippen molar-refractivity contribution in [1.82, 2.24) is 29.5 Å². The van der Waals surface area contributed by atoms with Crippen LogP contribution in [0.5, 0.6) is 5.75 Å². The van der Waals surface area contributed by atoms with Gasteiger partial charge in [0.25, 0.3) is 0 Å². The Morgan fingerprint density at radius 1 is 1.06 bits per heavy atom. The smallest absolute Gasteiger partial charge is 0.148 e. The number of aromatic nitrogens is 6. The molecule has 0 spiro atoms. The Labute approximate surface area is 203 Å². The van der Waals surface area contributed by atoms with Crippen LogP contribution in [-0.2, 0) is 11.8 Å². The molecule has 8 nitrogen and oxygen atoms in total. The molecule has 35 heavy (non-hydrogen) atoms. The first-order chi connectivity index (χ1) is 17.2. The highest BCUT2D eigenvalue weighted by atomic mass is 16.5. The first-order valence-corrected chi connectivity index (χ1v) is 12.0. The van der Waals surface area contributed by atoms with E-state index in [1.54, 1.807) is 18.0 Å². The Bertz CT molecular complexity index is 1480. The van der Waals surface area contributed by atoms with Crippen LogP contribution in [-0.4, -0.2) is 49.9 Å². The number of methoxy groups -OCH3 is 1. The number of aryl methyl sites for hydroxylation is 2. The summed E-state index contributed by atoms with van der Waals surface area (Å²) >= 11 is 0. The molecule has 1 aliphatic heterocycles. The molecule has 1 fully saturated rings. The highest BCUT2D eigenvalue weighted by molar-refractivity contribution is 6.09. The molecule has 1 aromatic carbocycles. The van der Waals surface area contributed by atoms with Gasteiger partial charge in [0.05, 0.1) is 58.9 Å². The van der Waals surface area contributed by atoms with Crippen molar-refractivity contribution < 1.29 is 9.47 Å². The Hall–Kier alpha value is -3.78. The lowest BCUT2D eigenvalue weighted by molar-refractivity contribution is 0.0552. The number of rotatable bonds is 5. The fourth-order valence-corrected chi connectivity index (χ4v) is 5.56. The molecule has 0 aliphatic carbocycles. The molecule has 0 saturated carbocycles. The highest BCUT2D eigenvalue weighted by Crippen LogP contribution is 2.43. The molecular formula is C27H28N6O2. The highest BCUT2D eigenvalue weighted by Gasteiger charge is 2.31. The lowest BCUT2D eigenvalue weighted by atomic mass is 9.86. The van der Waals surface area contributed by atoms with Crippen molar-refractivity contribution in [3.63, 3.8) is 0 Å². The molecule has 5 aromatic rings. The van der Waals surface area contributed by atoms with Crippen LogP contribution in [0.1, 0.15) is 30.1 Å². The minimum absolute atomic E-state index is 0.108. The normalized spacial score (nSPS) is 15.6. The average molecular weight is 469 g/mol. The van der Waals surface area contributed by atoms with Gasteiger partial charge in [0.2, 0.25) is 0 Å². The molecule has 1 saturated heterocycles. The van der Waals surface area contributed by atoms with Crippen LogP contribution in [0.3, 0.4) is 0 Å². The number of pyridine rings is 2. The van der Waals surface area contributed by atoms with Gasteiger partial charge < -0.3 is 14.0 Å². The van der Waals surface area contributed by atoms with Gasteiger partial charge in [-0.2, -0.15) is 0 Å². The van der Waals surface area contributed by atoms with E-state index in [-0.39, 0.29) is 6.04 Å². The number of ether oxygens (including phenoxy) is 2. The number of hydrogen-bond donors (Lipinski definition) is 0. The van der Waals surface area contributed by atoms with Crippen molar-refractivity contribution in [2.75, 3.05) is 20.3 Å². The van der Waals surface area contributed by atoms with E-state index < -0.39 is 0 Å².